The maximum absolute atomic E-state index is 12.6. The van der Waals surface area contributed by atoms with Crippen molar-refractivity contribution in [3.8, 4) is 5.75 Å². The first kappa shape index (κ1) is 12.2. The van der Waals surface area contributed by atoms with Gasteiger partial charge in [-0.15, -0.1) is 0 Å². The van der Waals surface area contributed by atoms with Crippen molar-refractivity contribution in [2.75, 3.05) is 6.61 Å². The summed E-state index contributed by atoms with van der Waals surface area (Å²) in [6.45, 7) is 2.59. The summed E-state index contributed by atoms with van der Waals surface area (Å²) in [6.07, 6.45) is 0.859. The summed E-state index contributed by atoms with van der Waals surface area (Å²) in [6, 6.07) is 11.2. The fourth-order valence-electron chi connectivity index (χ4n) is 2.34. The average Bonchev–Trinajstić information content (AvgIpc) is 2.86. The number of rotatable bonds is 2. The van der Waals surface area contributed by atoms with E-state index in [0.29, 0.717) is 28.5 Å². The predicted octanol–water partition coefficient (Wildman–Crippen LogP) is 3.81. The maximum atomic E-state index is 12.6. The van der Waals surface area contributed by atoms with Crippen LogP contribution in [0.3, 0.4) is 0 Å². The zero-order valence-electron chi connectivity index (χ0n) is 10.6. The SMILES string of the molecule is Cc1ccc(C(=O)c2cccc3c2OCC3)c(Cl)c1. The Morgan fingerprint density at radius 2 is 2.05 bits per heavy atom. The molecule has 2 nitrogen and oxygen atoms in total. The molecule has 3 rings (SSSR count). The largest absolute Gasteiger partial charge is 0.492 e. The number of carbonyl (C=O) groups is 1. The molecular formula is C16H13ClO2. The van der Waals surface area contributed by atoms with E-state index in [0.717, 1.165) is 17.5 Å². The Morgan fingerprint density at radius 3 is 2.84 bits per heavy atom. The van der Waals surface area contributed by atoms with Crippen LogP contribution in [-0.2, 0) is 6.42 Å². The van der Waals surface area contributed by atoms with Crippen LogP contribution >= 0.6 is 11.6 Å². The Balaban J connectivity index is 2.08. The molecule has 0 spiro atoms. The number of ether oxygens (including phenoxy) is 1. The molecule has 3 heteroatoms. The molecule has 1 aliphatic rings. The van der Waals surface area contributed by atoms with Crippen molar-refractivity contribution in [3.05, 3.63) is 63.7 Å². The molecule has 0 bridgehead atoms. The van der Waals surface area contributed by atoms with Crippen LogP contribution in [0.4, 0.5) is 0 Å². The molecule has 0 aromatic heterocycles. The average molecular weight is 273 g/mol. The summed E-state index contributed by atoms with van der Waals surface area (Å²) < 4.78 is 5.57. The quantitative estimate of drug-likeness (QED) is 0.777. The molecule has 0 saturated carbocycles. The maximum Gasteiger partial charge on any atom is 0.198 e. The van der Waals surface area contributed by atoms with Gasteiger partial charge < -0.3 is 4.74 Å². The van der Waals surface area contributed by atoms with Gasteiger partial charge in [0, 0.05) is 12.0 Å². The molecule has 1 heterocycles. The molecule has 0 atom stereocenters. The smallest absolute Gasteiger partial charge is 0.198 e. The third-order valence-corrected chi connectivity index (χ3v) is 3.64. The zero-order chi connectivity index (χ0) is 13.4. The number of carbonyl (C=O) groups excluding carboxylic acids is 1. The highest BCUT2D eigenvalue weighted by atomic mass is 35.5. The van der Waals surface area contributed by atoms with Gasteiger partial charge in [-0.3, -0.25) is 4.79 Å². The number of hydrogen-bond acceptors (Lipinski definition) is 2. The number of fused-ring (bicyclic) bond motifs is 1. The molecule has 0 aliphatic carbocycles. The normalized spacial score (nSPS) is 12.9. The summed E-state index contributed by atoms with van der Waals surface area (Å²) >= 11 is 6.16. The molecule has 1 aliphatic heterocycles. The third-order valence-electron chi connectivity index (χ3n) is 3.33. The molecule has 2 aromatic rings. The molecule has 2 aromatic carbocycles. The molecule has 96 valence electrons. The minimum Gasteiger partial charge on any atom is -0.492 e. The van der Waals surface area contributed by atoms with Crippen LogP contribution in [-0.4, -0.2) is 12.4 Å². The first-order valence-corrected chi connectivity index (χ1v) is 6.60. The zero-order valence-corrected chi connectivity index (χ0v) is 11.3. The standard InChI is InChI=1S/C16H13ClO2/c1-10-5-6-12(14(17)9-10)15(18)13-4-2-3-11-7-8-19-16(11)13/h2-6,9H,7-8H2,1H3. The molecular weight excluding hydrogens is 260 g/mol. The van der Waals surface area contributed by atoms with Crippen LogP contribution < -0.4 is 4.74 Å². The highest BCUT2D eigenvalue weighted by Gasteiger charge is 2.22. The van der Waals surface area contributed by atoms with Crippen LogP contribution in [0.2, 0.25) is 5.02 Å². The number of aryl methyl sites for hydroxylation is 1. The van der Waals surface area contributed by atoms with Gasteiger partial charge in [0.05, 0.1) is 17.2 Å². The Labute approximate surface area is 117 Å². The molecule has 19 heavy (non-hydrogen) atoms. The molecule has 0 amide bonds. The Kier molecular flexibility index (Phi) is 3.03. The molecule has 0 radical (unpaired) electrons. The van der Waals surface area contributed by atoms with Crippen LogP contribution in [0.25, 0.3) is 0 Å². The summed E-state index contributed by atoms with van der Waals surface area (Å²) in [5.41, 5.74) is 3.25. The van der Waals surface area contributed by atoms with Gasteiger partial charge in [0.1, 0.15) is 5.75 Å². The Hall–Kier alpha value is -1.80. The van der Waals surface area contributed by atoms with Gasteiger partial charge in [-0.2, -0.15) is 0 Å². The van der Waals surface area contributed by atoms with Gasteiger partial charge in [-0.25, -0.2) is 0 Å². The van der Waals surface area contributed by atoms with Crippen molar-refractivity contribution < 1.29 is 9.53 Å². The van der Waals surface area contributed by atoms with Gasteiger partial charge >= 0.3 is 0 Å². The van der Waals surface area contributed by atoms with E-state index in [1.54, 1.807) is 18.2 Å². The topological polar surface area (TPSA) is 26.3 Å². The lowest BCUT2D eigenvalue weighted by Gasteiger charge is -2.08. The van der Waals surface area contributed by atoms with Gasteiger partial charge in [0.15, 0.2) is 5.78 Å². The van der Waals surface area contributed by atoms with E-state index in [1.165, 1.54) is 0 Å². The van der Waals surface area contributed by atoms with E-state index in [-0.39, 0.29) is 5.78 Å². The highest BCUT2D eigenvalue weighted by Crippen LogP contribution is 2.32. The van der Waals surface area contributed by atoms with Crippen molar-refractivity contribution in [2.24, 2.45) is 0 Å². The van der Waals surface area contributed by atoms with Crippen molar-refractivity contribution >= 4 is 17.4 Å². The van der Waals surface area contributed by atoms with E-state index in [9.17, 15) is 4.79 Å². The van der Waals surface area contributed by atoms with E-state index in [2.05, 4.69) is 0 Å². The fraction of sp³-hybridized carbons (Fsp3) is 0.188. The minimum atomic E-state index is -0.0799. The lowest BCUT2D eigenvalue weighted by molar-refractivity contribution is 0.103. The lowest BCUT2D eigenvalue weighted by atomic mass is 9.99. The van der Waals surface area contributed by atoms with Crippen molar-refractivity contribution in [1.82, 2.24) is 0 Å². The minimum absolute atomic E-state index is 0.0799. The Bertz CT molecular complexity index is 662. The van der Waals surface area contributed by atoms with Gasteiger partial charge in [0.2, 0.25) is 0 Å². The monoisotopic (exact) mass is 272 g/mol. The van der Waals surface area contributed by atoms with Gasteiger partial charge in [0.25, 0.3) is 0 Å². The summed E-state index contributed by atoms with van der Waals surface area (Å²) in [4.78, 5) is 12.6. The first-order valence-electron chi connectivity index (χ1n) is 6.22. The lowest BCUT2D eigenvalue weighted by Crippen LogP contribution is -2.04. The summed E-state index contributed by atoms with van der Waals surface area (Å²) in [5, 5.41) is 0.487. The van der Waals surface area contributed by atoms with Crippen molar-refractivity contribution in [2.45, 2.75) is 13.3 Å². The highest BCUT2D eigenvalue weighted by molar-refractivity contribution is 6.35. The number of hydrogen-bond donors (Lipinski definition) is 0. The fourth-order valence-corrected chi connectivity index (χ4v) is 2.66. The molecule has 0 unspecified atom stereocenters. The number of halogens is 1. The number of benzene rings is 2. The van der Waals surface area contributed by atoms with Crippen molar-refractivity contribution in [1.29, 1.82) is 0 Å². The van der Waals surface area contributed by atoms with E-state index >= 15 is 0 Å². The van der Waals surface area contributed by atoms with Crippen LogP contribution in [0.5, 0.6) is 5.75 Å². The summed E-state index contributed by atoms with van der Waals surface area (Å²) in [5.74, 6) is 0.632. The van der Waals surface area contributed by atoms with E-state index in [4.69, 9.17) is 16.3 Å². The van der Waals surface area contributed by atoms with Gasteiger partial charge in [-0.1, -0.05) is 29.8 Å². The summed E-state index contributed by atoms with van der Waals surface area (Å²) in [7, 11) is 0. The van der Waals surface area contributed by atoms with Crippen molar-refractivity contribution in [3.63, 3.8) is 0 Å². The number of ketones is 1. The predicted molar refractivity (Wildman–Crippen MR) is 75.3 cm³/mol. The van der Waals surface area contributed by atoms with Crippen LogP contribution in [0, 0.1) is 6.92 Å². The van der Waals surface area contributed by atoms with E-state index < -0.39 is 0 Å². The third kappa shape index (κ3) is 2.13. The second-order valence-corrected chi connectivity index (χ2v) is 5.11. The van der Waals surface area contributed by atoms with Crippen LogP contribution in [0.15, 0.2) is 36.4 Å². The molecule has 0 N–H and O–H groups in total. The second kappa shape index (κ2) is 4.71. The van der Waals surface area contributed by atoms with E-state index in [1.807, 2.05) is 25.1 Å². The molecule has 0 fully saturated rings. The van der Waals surface area contributed by atoms with Crippen LogP contribution in [0.1, 0.15) is 27.0 Å². The second-order valence-electron chi connectivity index (χ2n) is 4.70. The van der Waals surface area contributed by atoms with Gasteiger partial charge in [-0.05, 0) is 36.2 Å². The Morgan fingerprint density at radius 1 is 1.21 bits per heavy atom. The molecule has 0 saturated heterocycles. The number of para-hydroxylation sites is 1. The first-order chi connectivity index (χ1) is 9.16.